The number of fused-ring (bicyclic) bond motifs is 2. The summed E-state index contributed by atoms with van der Waals surface area (Å²) in [5, 5.41) is 5.25. The molecule has 6 rings (SSSR count). The topological polar surface area (TPSA) is 52.7 Å². The Labute approximate surface area is 201 Å². The summed E-state index contributed by atoms with van der Waals surface area (Å²) in [4.78, 5) is 22.8. The number of rotatable bonds is 5. The molecule has 0 saturated heterocycles. The van der Waals surface area contributed by atoms with Crippen LogP contribution in [-0.4, -0.2) is 19.1 Å². The SMILES string of the molecule is O=c1c2ncn(C3CC3)c2nc(SCc2csc3ccc(Cl)cc23)n1-c1ccc(Cl)cc1. The molecule has 5 nitrogen and oxygen atoms in total. The van der Waals surface area contributed by atoms with Crippen LogP contribution < -0.4 is 5.56 Å². The van der Waals surface area contributed by atoms with E-state index in [0.29, 0.717) is 38.2 Å². The Morgan fingerprint density at radius 2 is 1.88 bits per heavy atom. The van der Waals surface area contributed by atoms with Crippen molar-refractivity contribution in [1.29, 1.82) is 0 Å². The maximum absolute atomic E-state index is 13.5. The monoisotopic (exact) mass is 498 g/mol. The van der Waals surface area contributed by atoms with Crippen LogP contribution in [0.25, 0.3) is 26.9 Å². The van der Waals surface area contributed by atoms with E-state index in [4.69, 9.17) is 28.2 Å². The number of thioether (sulfide) groups is 1. The third-order valence-corrected chi connectivity index (χ3v) is 8.05. The number of thiophene rings is 1. The molecule has 0 bridgehead atoms. The molecule has 5 aromatic rings. The first-order chi connectivity index (χ1) is 15.6. The van der Waals surface area contributed by atoms with Gasteiger partial charge in [-0.3, -0.25) is 9.36 Å². The van der Waals surface area contributed by atoms with Crippen molar-refractivity contribution in [2.24, 2.45) is 0 Å². The van der Waals surface area contributed by atoms with Crippen LogP contribution in [-0.2, 0) is 5.75 Å². The van der Waals surface area contributed by atoms with E-state index in [0.717, 1.165) is 23.9 Å². The summed E-state index contributed by atoms with van der Waals surface area (Å²) in [5.41, 5.74) is 2.77. The molecule has 2 aromatic carbocycles. The van der Waals surface area contributed by atoms with Gasteiger partial charge in [0, 0.05) is 26.5 Å². The third kappa shape index (κ3) is 3.53. The molecular weight excluding hydrogens is 483 g/mol. The van der Waals surface area contributed by atoms with E-state index >= 15 is 0 Å². The van der Waals surface area contributed by atoms with Gasteiger partial charge < -0.3 is 4.57 Å². The predicted octanol–water partition coefficient (Wildman–Crippen LogP) is 6.73. The number of nitrogens with zero attached hydrogens (tertiary/aromatic N) is 4. The fourth-order valence-corrected chi connectivity index (χ4v) is 6.13. The van der Waals surface area contributed by atoms with Gasteiger partial charge in [0.1, 0.15) is 0 Å². The van der Waals surface area contributed by atoms with Crippen LogP contribution in [0, 0.1) is 0 Å². The Morgan fingerprint density at radius 3 is 2.66 bits per heavy atom. The molecule has 9 heteroatoms. The minimum absolute atomic E-state index is 0.169. The predicted molar refractivity (Wildman–Crippen MR) is 133 cm³/mol. The van der Waals surface area contributed by atoms with Crippen molar-refractivity contribution >= 4 is 67.6 Å². The van der Waals surface area contributed by atoms with Crippen molar-refractivity contribution in [1.82, 2.24) is 19.1 Å². The van der Waals surface area contributed by atoms with E-state index in [9.17, 15) is 4.79 Å². The molecule has 3 heterocycles. The van der Waals surface area contributed by atoms with Crippen LogP contribution in [0.2, 0.25) is 10.0 Å². The Morgan fingerprint density at radius 1 is 1.09 bits per heavy atom. The third-order valence-electron chi connectivity index (χ3n) is 5.56. The molecule has 1 aliphatic carbocycles. The first-order valence-electron chi connectivity index (χ1n) is 10.1. The smallest absolute Gasteiger partial charge is 0.286 e. The Bertz CT molecular complexity index is 1530. The fourth-order valence-electron chi connectivity index (χ4n) is 3.79. The first kappa shape index (κ1) is 20.3. The summed E-state index contributed by atoms with van der Waals surface area (Å²) in [5.74, 6) is 0.670. The standard InChI is InChI=1S/C23H16Cl2N4OS2/c24-14-1-4-17(5-2-14)29-22(30)20-21(28(12-26-20)16-6-7-16)27-23(29)32-11-13-10-31-19-8-3-15(25)9-18(13)19/h1-5,8-10,12,16H,6-7,11H2. The molecule has 3 aromatic heterocycles. The lowest BCUT2D eigenvalue weighted by atomic mass is 10.2. The highest BCUT2D eigenvalue weighted by Gasteiger charge is 2.27. The van der Waals surface area contributed by atoms with Gasteiger partial charge in [-0.15, -0.1) is 11.3 Å². The van der Waals surface area contributed by atoms with E-state index in [-0.39, 0.29) is 5.56 Å². The minimum Gasteiger partial charge on any atom is -0.312 e. The number of hydrogen-bond acceptors (Lipinski definition) is 5. The second-order valence-corrected chi connectivity index (χ2v) is 10.5. The fraction of sp³-hybridized carbons (Fsp3) is 0.174. The van der Waals surface area contributed by atoms with Gasteiger partial charge in [0.05, 0.1) is 12.0 Å². The summed E-state index contributed by atoms with van der Waals surface area (Å²) in [6.07, 6.45) is 3.93. The van der Waals surface area contributed by atoms with Gasteiger partial charge in [-0.1, -0.05) is 35.0 Å². The molecule has 0 atom stereocenters. The summed E-state index contributed by atoms with van der Waals surface area (Å²) in [6, 6.07) is 13.5. The van der Waals surface area contributed by atoms with Crippen LogP contribution in [0.1, 0.15) is 24.4 Å². The molecule has 32 heavy (non-hydrogen) atoms. The maximum Gasteiger partial charge on any atom is 0.286 e. The van der Waals surface area contributed by atoms with E-state index in [1.54, 1.807) is 34.4 Å². The summed E-state index contributed by atoms with van der Waals surface area (Å²) in [7, 11) is 0. The number of hydrogen-bond donors (Lipinski definition) is 0. The molecule has 1 fully saturated rings. The van der Waals surface area contributed by atoms with Crippen LogP contribution in [0.3, 0.4) is 0 Å². The van der Waals surface area contributed by atoms with E-state index in [1.165, 1.54) is 22.0 Å². The molecule has 0 spiro atoms. The van der Waals surface area contributed by atoms with Gasteiger partial charge in [0.15, 0.2) is 16.3 Å². The molecule has 0 unspecified atom stereocenters. The zero-order chi connectivity index (χ0) is 21.8. The van der Waals surface area contributed by atoms with Gasteiger partial charge in [-0.05, 0) is 71.6 Å². The quantitative estimate of drug-likeness (QED) is 0.199. The number of benzene rings is 2. The summed E-state index contributed by atoms with van der Waals surface area (Å²) in [6.45, 7) is 0. The number of imidazole rings is 1. The van der Waals surface area contributed by atoms with Crippen LogP contribution >= 0.6 is 46.3 Å². The van der Waals surface area contributed by atoms with Crippen molar-refractivity contribution in [3.8, 4) is 5.69 Å². The highest BCUT2D eigenvalue weighted by molar-refractivity contribution is 7.98. The lowest BCUT2D eigenvalue weighted by Gasteiger charge is -2.12. The van der Waals surface area contributed by atoms with Crippen molar-refractivity contribution in [2.75, 3.05) is 0 Å². The van der Waals surface area contributed by atoms with E-state index < -0.39 is 0 Å². The van der Waals surface area contributed by atoms with Crippen LogP contribution in [0.15, 0.2) is 64.1 Å². The highest BCUT2D eigenvalue weighted by atomic mass is 35.5. The Balaban J connectivity index is 1.48. The second-order valence-electron chi connectivity index (χ2n) is 7.76. The van der Waals surface area contributed by atoms with Gasteiger partial charge in [-0.25, -0.2) is 9.97 Å². The first-order valence-corrected chi connectivity index (χ1v) is 12.7. The maximum atomic E-state index is 13.5. The molecule has 1 aliphatic rings. The highest BCUT2D eigenvalue weighted by Crippen LogP contribution is 2.37. The average Bonchev–Trinajstić information content (AvgIpc) is 3.42. The molecule has 0 radical (unpaired) electrons. The molecule has 0 aliphatic heterocycles. The lowest BCUT2D eigenvalue weighted by Crippen LogP contribution is -2.22. The second kappa shape index (κ2) is 7.92. The van der Waals surface area contributed by atoms with Gasteiger partial charge in [0.25, 0.3) is 5.56 Å². The molecular formula is C23H16Cl2N4OS2. The zero-order valence-electron chi connectivity index (χ0n) is 16.7. The van der Waals surface area contributed by atoms with Crippen molar-refractivity contribution < 1.29 is 0 Å². The van der Waals surface area contributed by atoms with Crippen LogP contribution in [0.4, 0.5) is 0 Å². The summed E-state index contributed by atoms with van der Waals surface area (Å²) >= 11 is 15.5. The van der Waals surface area contributed by atoms with Crippen molar-refractivity contribution in [3.05, 3.63) is 80.1 Å². The molecule has 160 valence electrons. The zero-order valence-corrected chi connectivity index (χ0v) is 19.8. The normalized spacial score (nSPS) is 13.9. The minimum atomic E-state index is -0.169. The summed E-state index contributed by atoms with van der Waals surface area (Å²) < 4.78 is 4.86. The Hall–Kier alpha value is -2.32. The lowest BCUT2D eigenvalue weighted by molar-refractivity contribution is 0.739. The van der Waals surface area contributed by atoms with Crippen LogP contribution in [0.5, 0.6) is 0 Å². The molecule has 0 N–H and O–H groups in total. The van der Waals surface area contributed by atoms with E-state index in [1.807, 2.05) is 34.9 Å². The van der Waals surface area contributed by atoms with Crippen molar-refractivity contribution in [3.63, 3.8) is 0 Å². The Kier molecular flexibility index (Phi) is 5.02. The average molecular weight is 499 g/mol. The number of halogens is 2. The van der Waals surface area contributed by atoms with Crippen molar-refractivity contribution in [2.45, 2.75) is 29.8 Å². The molecule has 0 amide bonds. The largest absolute Gasteiger partial charge is 0.312 e. The number of aromatic nitrogens is 4. The van der Waals surface area contributed by atoms with E-state index in [2.05, 4.69) is 10.4 Å². The van der Waals surface area contributed by atoms with Gasteiger partial charge >= 0.3 is 0 Å². The van der Waals surface area contributed by atoms with Gasteiger partial charge in [0.2, 0.25) is 0 Å². The molecule has 1 saturated carbocycles. The van der Waals surface area contributed by atoms with Gasteiger partial charge in [-0.2, -0.15) is 0 Å².